The summed E-state index contributed by atoms with van der Waals surface area (Å²) in [6.07, 6.45) is -3.82. The Hall–Kier alpha value is -2.24. The van der Waals surface area contributed by atoms with Crippen LogP contribution in [0.25, 0.3) is 0 Å². The van der Waals surface area contributed by atoms with E-state index in [0.29, 0.717) is 5.56 Å². The Labute approximate surface area is 120 Å². The Morgan fingerprint density at radius 1 is 1.29 bits per heavy atom. The molecule has 21 heavy (non-hydrogen) atoms. The smallest absolute Gasteiger partial charge is 0.431 e. The molecule has 0 radical (unpaired) electrons. The molecule has 1 aromatic carbocycles. The van der Waals surface area contributed by atoms with Crippen LogP contribution in [0.15, 0.2) is 42.6 Å². The normalized spacial score (nSPS) is 13.0. The third-order valence-electron chi connectivity index (χ3n) is 3.13. The molecular weight excluding hydrogens is 283 g/mol. The van der Waals surface area contributed by atoms with Crippen molar-refractivity contribution in [3.8, 4) is 0 Å². The van der Waals surface area contributed by atoms with Gasteiger partial charge in [-0.2, -0.15) is 13.2 Å². The largest absolute Gasteiger partial charge is 0.460 e. The maximum atomic E-state index is 13.1. The molecule has 3 nitrogen and oxygen atoms in total. The fourth-order valence-electron chi connectivity index (χ4n) is 2.07. The van der Waals surface area contributed by atoms with Crippen LogP contribution >= 0.6 is 0 Å². The van der Waals surface area contributed by atoms with Crippen LogP contribution in [0.2, 0.25) is 0 Å². The van der Waals surface area contributed by atoms with E-state index in [-0.39, 0.29) is 13.0 Å². The second-order valence-corrected chi connectivity index (χ2v) is 4.64. The lowest BCUT2D eigenvalue weighted by Gasteiger charge is -2.11. The standard InChI is InChI=1S/C15H14F3NO2/c1-11(21-10-20)13-7-14(15(16,17)18)19(9-13)8-12-5-3-2-4-6-12/h2-7,9-11H,8H2,1H3. The van der Waals surface area contributed by atoms with Gasteiger partial charge >= 0.3 is 6.18 Å². The van der Waals surface area contributed by atoms with E-state index in [9.17, 15) is 18.0 Å². The van der Waals surface area contributed by atoms with Crippen LogP contribution in [0.1, 0.15) is 29.8 Å². The van der Waals surface area contributed by atoms with Crippen molar-refractivity contribution in [3.05, 3.63) is 59.4 Å². The first-order valence-corrected chi connectivity index (χ1v) is 6.32. The minimum Gasteiger partial charge on any atom is -0.460 e. The van der Waals surface area contributed by atoms with Gasteiger partial charge in [0.2, 0.25) is 0 Å². The predicted molar refractivity (Wildman–Crippen MR) is 70.5 cm³/mol. The number of halogens is 3. The molecule has 0 spiro atoms. The molecule has 0 fully saturated rings. The quantitative estimate of drug-likeness (QED) is 0.786. The van der Waals surface area contributed by atoms with Gasteiger partial charge < -0.3 is 9.30 Å². The molecule has 0 aliphatic rings. The zero-order chi connectivity index (χ0) is 15.5. The number of hydrogen-bond donors (Lipinski definition) is 0. The van der Waals surface area contributed by atoms with Gasteiger partial charge in [-0.3, -0.25) is 4.79 Å². The van der Waals surface area contributed by atoms with Crippen molar-refractivity contribution >= 4 is 6.47 Å². The first kappa shape index (κ1) is 15.2. The number of aromatic nitrogens is 1. The number of rotatable bonds is 5. The Morgan fingerprint density at radius 2 is 1.95 bits per heavy atom. The highest BCUT2D eigenvalue weighted by atomic mass is 19.4. The SMILES string of the molecule is CC(OC=O)c1cc(C(F)(F)F)n(Cc2ccccc2)c1. The third-order valence-corrected chi connectivity index (χ3v) is 3.13. The van der Waals surface area contributed by atoms with Gasteiger partial charge in [-0.05, 0) is 18.6 Å². The second-order valence-electron chi connectivity index (χ2n) is 4.64. The van der Waals surface area contributed by atoms with E-state index in [2.05, 4.69) is 0 Å². The van der Waals surface area contributed by atoms with Gasteiger partial charge in [0.1, 0.15) is 11.8 Å². The van der Waals surface area contributed by atoms with Crippen molar-refractivity contribution < 1.29 is 22.7 Å². The molecule has 2 aromatic rings. The summed E-state index contributed by atoms with van der Waals surface area (Å²) in [4.78, 5) is 10.3. The van der Waals surface area contributed by atoms with Crippen LogP contribution in [0.3, 0.4) is 0 Å². The summed E-state index contributed by atoms with van der Waals surface area (Å²) in [6, 6.07) is 9.86. The summed E-state index contributed by atoms with van der Waals surface area (Å²) in [5.41, 5.74) is 0.308. The van der Waals surface area contributed by atoms with E-state index < -0.39 is 18.0 Å². The zero-order valence-corrected chi connectivity index (χ0v) is 11.3. The fourth-order valence-corrected chi connectivity index (χ4v) is 2.07. The molecule has 0 bridgehead atoms. The summed E-state index contributed by atoms with van der Waals surface area (Å²) in [5, 5.41) is 0. The summed E-state index contributed by atoms with van der Waals surface area (Å²) in [6.45, 7) is 1.85. The molecule has 0 aliphatic heterocycles. The van der Waals surface area contributed by atoms with Gasteiger partial charge in [-0.1, -0.05) is 30.3 Å². The number of carbonyl (C=O) groups excluding carboxylic acids is 1. The van der Waals surface area contributed by atoms with Crippen molar-refractivity contribution in [2.24, 2.45) is 0 Å². The Kier molecular flexibility index (Phi) is 4.35. The van der Waals surface area contributed by atoms with Crippen molar-refractivity contribution in [1.29, 1.82) is 0 Å². The van der Waals surface area contributed by atoms with Crippen molar-refractivity contribution in [1.82, 2.24) is 4.57 Å². The lowest BCUT2D eigenvalue weighted by Crippen LogP contribution is -2.13. The Morgan fingerprint density at radius 3 is 2.52 bits per heavy atom. The van der Waals surface area contributed by atoms with Gasteiger partial charge in [0.25, 0.3) is 6.47 Å². The number of alkyl halides is 3. The first-order valence-electron chi connectivity index (χ1n) is 6.32. The minimum absolute atomic E-state index is 0.101. The highest BCUT2D eigenvalue weighted by molar-refractivity contribution is 5.38. The van der Waals surface area contributed by atoms with Gasteiger partial charge in [0.15, 0.2) is 0 Å². The predicted octanol–water partition coefficient (Wildman–Crippen LogP) is 3.79. The molecule has 0 N–H and O–H groups in total. The van der Waals surface area contributed by atoms with Crippen LogP contribution in [-0.4, -0.2) is 11.0 Å². The molecule has 0 saturated carbocycles. The highest BCUT2D eigenvalue weighted by Crippen LogP contribution is 2.33. The number of hydrogen-bond acceptors (Lipinski definition) is 2. The van der Waals surface area contributed by atoms with Gasteiger partial charge in [0, 0.05) is 18.3 Å². The lowest BCUT2D eigenvalue weighted by molar-refractivity contribution is -0.143. The lowest BCUT2D eigenvalue weighted by atomic mass is 10.2. The molecule has 0 saturated heterocycles. The number of ether oxygens (including phenoxy) is 1. The average molecular weight is 297 g/mol. The zero-order valence-electron chi connectivity index (χ0n) is 11.3. The third kappa shape index (κ3) is 3.65. The summed E-state index contributed by atoms with van der Waals surface area (Å²) in [5.74, 6) is 0. The topological polar surface area (TPSA) is 31.2 Å². The second kappa shape index (κ2) is 6.03. The van der Waals surface area contributed by atoms with E-state index in [0.717, 1.165) is 16.2 Å². The van der Waals surface area contributed by atoms with Crippen LogP contribution in [0.4, 0.5) is 13.2 Å². The summed E-state index contributed by atoms with van der Waals surface area (Å²) >= 11 is 0. The molecular formula is C15H14F3NO2. The number of carbonyl (C=O) groups is 1. The van der Waals surface area contributed by atoms with E-state index in [1.807, 2.05) is 0 Å². The first-order chi connectivity index (χ1) is 9.91. The molecule has 0 amide bonds. The monoisotopic (exact) mass is 297 g/mol. The van der Waals surface area contributed by atoms with E-state index in [1.54, 1.807) is 30.3 Å². The van der Waals surface area contributed by atoms with E-state index in [4.69, 9.17) is 4.74 Å². The summed E-state index contributed by atoms with van der Waals surface area (Å²) in [7, 11) is 0. The van der Waals surface area contributed by atoms with Gasteiger partial charge in [-0.25, -0.2) is 0 Å². The summed E-state index contributed by atoms with van der Waals surface area (Å²) < 4.78 is 45.1. The molecule has 1 aromatic heterocycles. The Bertz CT molecular complexity index is 605. The van der Waals surface area contributed by atoms with Crippen LogP contribution in [0, 0.1) is 0 Å². The molecule has 0 aliphatic carbocycles. The van der Waals surface area contributed by atoms with Crippen molar-refractivity contribution in [3.63, 3.8) is 0 Å². The maximum Gasteiger partial charge on any atom is 0.431 e. The van der Waals surface area contributed by atoms with E-state index >= 15 is 0 Å². The Balaban J connectivity index is 2.36. The molecule has 6 heteroatoms. The van der Waals surface area contributed by atoms with Crippen LogP contribution in [-0.2, 0) is 22.3 Å². The van der Waals surface area contributed by atoms with Crippen molar-refractivity contribution in [2.45, 2.75) is 25.7 Å². The van der Waals surface area contributed by atoms with Gasteiger partial charge in [0.05, 0.1) is 0 Å². The molecule has 2 rings (SSSR count). The molecule has 1 unspecified atom stereocenters. The molecule has 1 heterocycles. The molecule has 112 valence electrons. The number of benzene rings is 1. The van der Waals surface area contributed by atoms with Crippen LogP contribution < -0.4 is 0 Å². The molecule has 1 atom stereocenters. The maximum absolute atomic E-state index is 13.1. The van der Waals surface area contributed by atoms with Crippen LogP contribution in [0.5, 0.6) is 0 Å². The minimum atomic E-state index is -4.46. The highest BCUT2D eigenvalue weighted by Gasteiger charge is 2.35. The van der Waals surface area contributed by atoms with Crippen molar-refractivity contribution in [2.75, 3.05) is 0 Å². The fraction of sp³-hybridized carbons (Fsp3) is 0.267. The van der Waals surface area contributed by atoms with Gasteiger partial charge in [-0.15, -0.1) is 0 Å². The number of nitrogens with zero attached hydrogens (tertiary/aromatic N) is 1. The van der Waals surface area contributed by atoms with E-state index in [1.165, 1.54) is 13.1 Å². The average Bonchev–Trinajstić information content (AvgIpc) is 2.84.